The molecule has 0 unspecified atom stereocenters. The molecule has 0 saturated heterocycles. The summed E-state index contributed by atoms with van der Waals surface area (Å²) in [6, 6.07) is 5.05. The molecule has 4 nitrogen and oxygen atoms in total. The zero-order valence-electron chi connectivity index (χ0n) is 10.2. The fraction of sp³-hybridized carbons (Fsp3) is 0.417. The van der Waals surface area contributed by atoms with Gasteiger partial charge in [0.05, 0.1) is 11.4 Å². The summed E-state index contributed by atoms with van der Waals surface area (Å²) in [5, 5.41) is 3.46. The molecule has 0 amide bonds. The van der Waals surface area contributed by atoms with Gasteiger partial charge in [-0.3, -0.25) is 4.79 Å². The molecule has 0 radical (unpaired) electrons. The van der Waals surface area contributed by atoms with E-state index in [1.165, 1.54) is 0 Å². The largest absolute Gasteiger partial charge is 0.459 e. The third kappa shape index (κ3) is 4.95. The number of rotatable bonds is 3. The number of halogens is 1. The van der Waals surface area contributed by atoms with Gasteiger partial charge in [0.1, 0.15) is 12.1 Å². The average Bonchev–Trinajstić information content (AvgIpc) is 2.13. The van der Waals surface area contributed by atoms with E-state index in [4.69, 9.17) is 22.1 Å². The summed E-state index contributed by atoms with van der Waals surface area (Å²) in [7, 11) is 0. The van der Waals surface area contributed by atoms with Crippen LogP contribution in [0.2, 0.25) is 5.02 Å². The Hall–Kier alpha value is -1.42. The van der Waals surface area contributed by atoms with Gasteiger partial charge < -0.3 is 15.8 Å². The van der Waals surface area contributed by atoms with Crippen molar-refractivity contribution in [3.8, 4) is 0 Å². The SMILES string of the molecule is CC(C)(C)OC(=O)CNc1ccc(Cl)cc1N. The standard InChI is InChI=1S/C12H17ClN2O2/c1-12(2,3)17-11(16)7-15-10-5-4-8(13)6-9(10)14/h4-6,15H,7,14H2,1-3H3. The number of carbonyl (C=O) groups excluding carboxylic acids is 1. The molecular formula is C12H17ClN2O2. The van der Waals surface area contributed by atoms with Gasteiger partial charge in [-0.05, 0) is 39.0 Å². The number of anilines is 2. The van der Waals surface area contributed by atoms with Crippen LogP contribution >= 0.6 is 11.6 Å². The monoisotopic (exact) mass is 256 g/mol. The average molecular weight is 257 g/mol. The molecule has 0 aromatic heterocycles. The van der Waals surface area contributed by atoms with Crippen molar-refractivity contribution >= 4 is 28.9 Å². The van der Waals surface area contributed by atoms with E-state index in [9.17, 15) is 4.79 Å². The van der Waals surface area contributed by atoms with Crippen LogP contribution in [0, 0.1) is 0 Å². The quantitative estimate of drug-likeness (QED) is 0.645. The molecule has 0 fully saturated rings. The minimum absolute atomic E-state index is 0.0725. The predicted octanol–water partition coefficient (Wildman–Crippen LogP) is 2.68. The smallest absolute Gasteiger partial charge is 0.325 e. The molecule has 0 aliphatic rings. The molecule has 94 valence electrons. The Morgan fingerprint density at radius 2 is 2.12 bits per heavy atom. The van der Waals surface area contributed by atoms with Crippen LogP contribution < -0.4 is 11.1 Å². The molecule has 17 heavy (non-hydrogen) atoms. The molecule has 0 aliphatic carbocycles. The van der Waals surface area contributed by atoms with E-state index in [2.05, 4.69) is 5.32 Å². The van der Waals surface area contributed by atoms with E-state index < -0.39 is 5.60 Å². The molecular weight excluding hydrogens is 240 g/mol. The number of nitrogens with one attached hydrogen (secondary N) is 1. The second kappa shape index (κ2) is 5.27. The lowest BCUT2D eigenvalue weighted by Gasteiger charge is -2.20. The summed E-state index contributed by atoms with van der Waals surface area (Å²) in [4.78, 5) is 11.5. The highest BCUT2D eigenvalue weighted by atomic mass is 35.5. The maximum atomic E-state index is 11.5. The number of esters is 1. The highest BCUT2D eigenvalue weighted by Gasteiger charge is 2.15. The summed E-state index contributed by atoms with van der Waals surface area (Å²) in [6.45, 7) is 5.54. The number of hydrogen-bond donors (Lipinski definition) is 2. The van der Waals surface area contributed by atoms with Crippen LogP contribution in [0.25, 0.3) is 0 Å². The Balaban J connectivity index is 2.53. The number of nitrogens with two attached hydrogens (primary N) is 1. The summed E-state index contributed by atoms with van der Waals surface area (Å²) in [5.41, 5.74) is 6.42. The van der Waals surface area contributed by atoms with Gasteiger partial charge in [0, 0.05) is 5.02 Å². The lowest BCUT2D eigenvalue weighted by Crippen LogP contribution is -2.28. The van der Waals surface area contributed by atoms with E-state index in [0.717, 1.165) is 0 Å². The summed E-state index contributed by atoms with van der Waals surface area (Å²) in [6.07, 6.45) is 0. The minimum atomic E-state index is -0.482. The number of benzene rings is 1. The first kappa shape index (κ1) is 13.6. The molecule has 0 atom stereocenters. The van der Waals surface area contributed by atoms with Gasteiger partial charge in [-0.1, -0.05) is 11.6 Å². The second-order valence-electron chi connectivity index (χ2n) is 4.67. The highest BCUT2D eigenvalue weighted by molar-refractivity contribution is 6.31. The van der Waals surface area contributed by atoms with E-state index in [1.807, 2.05) is 20.8 Å². The molecule has 0 spiro atoms. The summed E-state index contributed by atoms with van der Waals surface area (Å²) >= 11 is 5.77. The molecule has 0 saturated carbocycles. The maximum absolute atomic E-state index is 11.5. The Morgan fingerprint density at radius 1 is 1.47 bits per heavy atom. The molecule has 3 N–H and O–H groups in total. The number of nitrogen functional groups attached to an aromatic ring is 1. The first-order valence-corrected chi connectivity index (χ1v) is 5.66. The predicted molar refractivity (Wildman–Crippen MR) is 70.2 cm³/mol. The first-order chi connectivity index (χ1) is 7.78. The number of hydrogen-bond acceptors (Lipinski definition) is 4. The van der Waals surface area contributed by atoms with Crippen LogP contribution in [-0.2, 0) is 9.53 Å². The van der Waals surface area contributed by atoms with Crippen LogP contribution in [0.5, 0.6) is 0 Å². The van der Waals surface area contributed by atoms with Gasteiger partial charge >= 0.3 is 5.97 Å². The van der Waals surface area contributed by atoms with Crippen molar-refractivity contribution < 1.29 is 9.53 Å². The van der Waals surface area contributed by atoms with Gasteiger partial charge in [0.15, 0.2) is 0 Å². The summed E-state index contributed by atoms with van der Waals surface area (Å²) < 4.78 is 5.15. The topological polar surface area (TPSA) is 64.3 Å². The van der Waals surface area contributed by atoms with Gasteiger partial charge in [-0.15, -0.1) is 0 Å². The van der Waals surface area contributed by atoms with Crippen LogP contribution in [0.1, 0.15) is 20.8 Å². The van der Waals surface area contributed by atoms with Crippen molar-refractivity contribution in [1.29, 1.82) is 0 Å². The van der Waals surface area contributed by atoms with E-state index in [-0.39, 0.29) is 12.5 Å². The zero-order chi connectivity index (χ0) is 13.1. The molecule has 5 heteroatoms. The Kier molecular flexibility index (Phi) is 4.23. The fourth-order valence-corrected chi connectivity index (χ4v) is 1.42. The highest BCUT2D eigenvalue weighted by Crippen LogP contribution is 2.22. The Bertz CT molecular complexity index is 413. The van der Waals surface area contributed by atoms with Gasteiger partial charge in [-0.2, -0.15) is 0 Å². The minimum Gasteiger partial charge on any atom is -0.459 e. The normalized spacial score (nSPS) is 11.1. The van der Waals surface area contributed by atoms with Crippen molar-refractivity contribution in [1.82, 2.24) is 0 Å². The molecule has 0 bridgehead atoms. The molecule has 1 aromatic carbocycles. The van der Waals surface area contributed by atoms with Gasteiger partial charge in [-0.25, -0.2) is 0 Å². The number of carbonyl (C=O) groups is 1. The van der Waals surface area contributed by atoms with Crippen molar-refractivity contribution in [2.75, 3.05) is 17.6 Å². The summed E-state index contributed by atoms with van der Waals surface area (Å²) in [5.74, 6) is -0.327. The first-order valence-electron chi connectivity index (χ1n) is 5.29. The van der Waals surface area contributed by atoms with Gasteiger partial charge in [0.25, 0.3) is 0 Å². The van der Waals surface area contributed by atoms with Crippen LogP contribution in [0.4, 0.5) is 11.4 Å². The van der Waals surface area contributed by atoms with Crippen molar-refractivity contribution in [3.05, 3.63) is 23.2 Å². The Labute approximate surface area is 106 Å². The third-order valence-electron chi connectivity index (χ3n) is 1.86. The second-order valence-corrected chi connectivity index (χ2v) is 5.11. The van der Waals surface area contributed by atoms with Crippen LogP contribution in [0.15, 0.2) is 18.2 Å². The maximum Gasteiger partial charge on any atom is 0.325 e. The van der Waals surface area contributed by atoms with E-state index in [1.54, 1.807) is 18.2 Å². The van der Waals surface area contributed by atoms with E-state index >= 15 is 0 Å². The van der Waals surface area contributed by atoms with Crippen LogP contribution in [-0.4, -0.2) is 18.1 Å². The third-order valence-corrected chi connectivity index (χ3v) is 2.09. The molecule has 1 rings (SSSR count). The molecule has 1 aromatic rings. The Morgan fingerprint density at radius 3 is 2.65 bits per heavy atom. The van der Waals surface area contributed by atoms with Crippen molar-refractivity contribution in [2.45, 2.75) is 26.4 Å². The fourth-order valence-electron chi connectivity index (χ4n) is 1.24. The number of ether oxygens (including phenoxy) is 1. The van der Waals surface area contributed by atoms with Crippen molar-refractivity contribution in [2.24, 2.45) is 0 Å². The lowest BCUT2D eigenvalue weighted by molar-refractivity contribution is -0.152. The van der Waals surface area contributed by atoms with E-state index in [0.29, 0.717) is 16.4 Å². The van der Waals surface area contributed by atoms with Crippen molar-refractivity contribution in [3.63, 3.8) is 0 Å². The molecule has 0 aliphatic heterocycles. The van der Waals surface area contributed by atoms with Crippen LogP contribution in [0.3, 0.4) is 0 Å². The molecule has 0 heterocycles. The lowest BCUT2D eigenvalue weighted by atomic mass is 10.2. The van der Waals surface area contributed by atoms with Gasteiger partial charge in [0.2, 0.25) is 0 Å². The zero-order valence-corrected chi connectivity index (χ0v) is 11.0.